The Kier molecular flexibility index (Phi) is 17.9. The van der Waals surface area contributed by atoms with Crippen molar-refractivity contribution in [1.29, 1.82) is 0 Å². The van der Waals surface area contributed by atoms with E-state index in [1.54, 1.807) is 0 Å². The largest absolute Gasteiger partial charge is 0.350 e. The van der Waals surface area contributed by atoms with Gasteiger partial charge in [0.05, 0.1) is 0 Å². The van der Waals surface area contributed by atoms with E-state index in [4.69, 9.17) is 4.66 Å². The van der Waals surface area contributed by atoms with Gasteiger partial charge in [-0.3, -0.25) is 4.66 Å². The Morgan fingerprint density at radius 3 is 1.17 bits per heavy atom. The molecule has 0 saturated heterocycles. The minimum absolute atomic E-state index is 1.12. The molecule has 0 aliphatic heterocycles. The number of hydrogen-bond donors (Lipinski definition) is 0. The molecule has 0 fully saturated rings. The van der Waals surface area contributed by atoms with E-state index in [-0.39, 0.29) is 0 Å². The van der Waals surface area contributed by atoms with Gasteiger partial charge in [0, 0.05) is 28.2 Å². The van der Waals surface area contributed by atoms with Crippen molar-refractivity contribution in [2.75, 3.05) is 28.2 Å². The first kappa shape index (κ1) is 28.5. The molecule has 0 amide bonds. The molecule has 0 aromatic carbocycles. The van der Waals surface area contributed by atoms with Crippen LogP contribution in [0.4, 0.5) is 0 Å². The average molecular weight is 426 g/mol. The molecule has 0 atom stereocenters. The first-order chi connectivity index (χ1) is 13.8. The zero-order valence-corrected chi connectivity index (χ0v) is 22.4. The molecule has 0 rings (SSSR count). The number of hydrogen-bond acceptors (Lipinski definition) is 1. The number of nitrogens with zero attached hydrogens (tertiary/aromatic N) is 3. The molecule has 0 aliphatic rings. The van der Waals surface area contributed by atoms with Crippen molar-refractivity contribution >= 4 is 14.2 Å². The van der Waals surface area contributed by atoms with Gasteiger partial charge >= 0.3 is 0 Å². The number of unbranched alkanes of at least 4 members (excludes halogenated alkanes) is 15. The van der Waals surface area contributed by atoms with E-state index >= 15 is 0 Å². The van der Waals surface area contributed by atoms with E-state index in [0.29, 0.717) is 0 Å². The highest BCUT2D eigenvalue weighted by molar-refractivity contribution is 6.76. The molecule has 0 aliphatic carbocycles. The molecule has 0 aromatic rings. The molecule has 0 saturated carbocycles. The first-order valence-corrected chi connectivity index (χ1v) is 15.9. The average Bonchev–Trinajstić information content (AvgIpc) is 2.65. The van der Waals surface area contributed by atoms with E-state index in [1.807, 2.05) is 0 Å². The third-order valence-corrected chi connectivity index (χ3v) is 8.23. The summed E-state index contributed by atoms with van der Waals surface area (Å²) in [6, 6.07) is 1.32. The predicted molar refractivity (Wildman–Crippen MR) is 137 cm³/mol. The van der Waals surface area contributed by atoms with Crippen LogP contribution in [0.2, 0.25) is 19.1 Å². The van der Waals surface area contributed by atoms with Crippen molar-refractivity contribution in [1.82, 2.24) is 9.80 Å². The SMILES string of the molecule is CCCCCCCCCCCCCCCCCC[Si](C)(C)N=C(N(C)C)N(C)C. The minimum atomic E-state index is -1.49. The molecule has 0 spiro atoms. The summed E-state index contributed by atoms with van der Waals surface area (Å²) in [5.74, 6) is 1.12. The van der Waals surface area contributed by atoms with Gasteiger partial charge in [0.25, 0.3) is 0 Å². The lowest BCUT2D eigenvalue weighted by molar-refractivity contribution is 0.485. The summed E-state index contributed by atoms with van der Waals surface area (Å²) in [6.07, 6.45) is 23.0. The maximum absolute atomic E-state index is 5.12. The molecule has 0 radical (unpaired) electrons. The van der Waals surface area contributed by atoms with E-state index in [0.717, 1.165) is 5.96 Å². The summed E-state index contributed by atoms with van der Waals surface area (Å²) < 4.78 is 5.12. The lowest BCUT2D eigenvalue weighted by atomic mass is 10.0. The Morgan fingerprint density at radius 1 is 0.552 bits per heavy atom. The van der Waals surface area contributed by atoms with Crippen molar-refractivity contribution in [3.63, 3.8) is 0 Å². The maximum Gasteiger partial charge on any atom is 0.186 e. The van der Waals surface area contributed by atoms with Crippen LogP contribution in [0.25, 0.3) is 0 Å². The van der Waals surface area contributed by atoms with Crippen molar-refractivity contribution in [3.8, 4) is 0 Å². The van der Waals surface area contributed by atoms with E-state index in [9.17, 15) is 0 Å². The van der Waals surface area contributed by atoms with E-state index in [1.165, 1.54) is 109 Å². The van der Waals surface area contributed by atoms with Crippen LogP contribution in [-0.2, 0) is 0 Å². The van der Waals surface area contributed by atoms with Crippen molar-refractivity contribution in [3.05, 3.63) is 0 Å². The van der Waals surface area contributed by atoms with Gasteiger partial charge in [-0.2, -0.15) is 0 Å². The smallest absolute Gasteiger partial charge is 0.186 e. The summed E-state index contributed by atoms with van der Waals surface area (Å²) in [4.78, 5) is 4.28. The maximum atomic E-state index is 5.12. The highest BCUT2D eigenvalue weighted by Crippen LogP contribution is 2.19. The fraction of sp³-hybridized carbons (Fsp3) is 0.960. The molecular weight excluding hydrogens is 370 g/mol. The second-order valence-corrected chi connectivity index (χ2v) is 14.4. The zero-order valence-electron chi connectivity index (χ0n) is 21.4. The zero-order chi connectivity index (χ0) is 22.0. The summed E-state index contributed by atoms with van der Waals surface area (Å²) >= 11 is 0. The summed E-state index contributed by atoms with van der Waals surface area (Å²) in [7, 11) is 6.89. The van der Waals surface area contributed by atoms with E-state index < -0.39 is 8.24 Å². The highest BCUT2D eigenvalue weighted by atomic mass is 28.3. The lowest BCUT2D eigenvalue weighted by Crippen LogP contribution is -2.39. The third-order valence-electron chi connectivity index (χ3n) is 5.84. The minimum Gasteiger partial charge on any atom is -0.350 e. The predicted octanol–water partition coefficient (Wildman–Crippen LogP) is 7.93. The lowest BCUT2D eigenvalue weighted by Gasteiger charge is -2.27. The van der Waals surface area contributed by atoms with Crippen LogP contribution in [0, 0.1) is 0 Å². The van der Waals surface area contributed by atoms with Gasteiger partial charge in [-0.05, 0) is 19.1 Å². The van der Waals surface area contributed by atoms with Crippen LogP contribution < -0.4 is 0 Å². The Morgan fingerprint density at radius 2 is 0.862 bits per heavy atom. The van der Waals surface area contributed by atoms with Crippen molar-refractivity contribution < 1.29 is 0 Å². The van der Waals surface area contributed by atoms with Gasteiger partial charge in [0.2, 0.25) is 0 Å². The number of rotatable bonds is 18. The second-order valence-electron chi connectivity index (χ2n) is 10.1. The van der Waals surface area contributed by atoms with Gasteiger partial charge in [-0.1, -0.05) is 110 Å². The number of guanidine groups is 1. The van der Waals surface area contributed by atoms with Crippen LogP contribution in [0.15, 0.2) is 4.66 Å². The Balaban J connectivity index is 3.54. The highest BCUT2D eigenvalue weighted by Gasteiger charge is 2.22. The van der Waals surface area contributed by atoms with Gasteiger partial charge in [-0.25, -0.2) is 0 Å². The van der Waals surface area contributed by atoms with Crippen LogP contribution in [0.1, 0.15) is 110 Å². The van der Waals surface area contributed by atoms with Crippen LogP contribution in [0.3, 0.4) is 0 Å². The van der Waals surface area contributed by atoms with Gasteiger partial charge < -0.3 is 9.80 Å². The standard InChI is InChI=1S/C25H55N3Si/c1-8-9-10-11-12-13-14-15-16-17-18-19-20-21-22-23-24-29(6,7)26-25(27(2)3)28(4)5/h8-24H2,1-7H3. The monoisotopic (exact) mass is 425 g/mol. The van der Waals surface area contributed by atoms with Gasteiger partial charge in [0.15, 0.2) is 14.2 Å². The molecule has 0 heterocycles. The fourth-order valence-electron chi connectivity index (χ4n) is 4.03. The summed E-state index contributed by atoms with van der Waals surface area (Å²) in [6.45, 7) is 7.11. The molecule has 0 aromatic heterocycles. The Hall–Kier alpha value is -0.513. The third kappa shape index (κ3) is 18.0. The van der Waals surface area contributed by atoms with Gasteiger partial charge in [0.1, 0.15) is 0 Å². The van der Waals surface area contributed by atoms with Crippen molar-refractivity contribution in [2.45, 2.75) is 129 Å². The quantitative estimate of drug-likeness (QED) is 0.0960. The molecule has 0 N–H and O–H groups in total. The van der Waals surface area contributed by atoms with E-state index in [2.05, 4.69) is 58.0 Å². The van der Waals surface area contributed by atoms with Crippen molar-refractivity contribution in [2.24, 2.45) is 4.66 Å². The topological polar surface area (TPSA) is 18.8 Å². The van der Waals surface area contributed by atoms with Crippen LogP contribution in [0.5, 0.6) is 0 Å². The second kappa shape index (κ2) is 18.3. The van der Waals surface area contributed by atoms with Crippen LogP contribution in [-0.4, -0.2) is 52.2 Å². The van der Waals surface area contributed by atoms with Gasteiger partial charge in [-0.15, -0.1) is 0 Å². The Bertz CT molecular complexity index is 382. The summed E-state index contributed by atoms with van der Waals surface area (Å²) in [5, 5.41) is 0. The normalized spacial score (nSPS) is 11.6. The Labute approximate surface area is 185 Å². The molecule has 3 nitrogen and oxygen atoms in total. The molecule has 174 valence electrons. The molecule has 29 heavy (non-hydrogen) atoms. The first-order valence-electron chi connectivity index (χ1n) is 12.7. The molecule has 0 unspecified atom stereocenters. The molecule has 0 bridgehead atoms. The molecule has 4 heteroatoms. The summed E-state index contributed by atoms with van der Waals surface area (Å²) in [5.41, 5.74) is 0. The fourth-order valence-corrected chi connectivity index (χ4v) is 6.20. The van der Waals surface area contributed by atoms with Crippen LogP contribution >= 0.6 is 0 Å². The molecular formula is C25H55N3Si.